The molecule has 3 nitrogen and oxygen atoms in total. The first-order valence-electron chi connectivity index (χ1n) is 8.21. The third-order valence-electron chi connectivity index (χ3n) is 3.46. The van der Waals surface area contributed by atoms with Gasteiger partial charge in [-0.1, -0.05) is 0 Å². The van der Waals surface area contributed by atoms with E-state index in [2.05, 4.69) is 24.0 Å². The second-order valence-corrected chi connectivity index (χ2v) is 7.91. The average molecular weight is 388 g/mol. The topological polar surface area (TPSA) is 38.7 Å². The van der Waals surface area contributed by atoms with Crippen molar-refractivity contribution in [2.45, 2.75) is 31.6 Å². The van der Waals surface area contributed by atoms with Crippen LogP contribution in [-0.2, 0) is 16.1 Å². The molecule has 126 valence electrons. The zero-order valence-corrected chi connectivity index (χ0v) is 15.9. The molecular formula is C20H23NO2Se. The van der Waals surface area contributed by atoms with E-state index >= 15 is 0 Å². The van der Waals surface area contributed by atoms with Crippen molar-refractivity contribution in [2.24, 2.45) is 4.99 Å². The van der Waals surface area contributed by atoms with Crippen molar-refractivity contribution in [1.82, 2.24) is 0 Å². The Balaban J connectivity index is 2.20. The first kappa shape index (κ1) is 18.4. The first-order valence-corrected chi connectivity index (χ1v) is 10.1. The summed E-state index contributed by atoms with van der Waals surface area (Å²) in [6.07, 6.45) is 0.876. The molecule has 2 rings (SSSR count). The predicted octanol–water partition coefficient (Wildman–Crippen LogP) is 3.42. The number of benzene rings is 2. The molecule has 0 heterocycles. The van der Waals surface area contributed by atoms with Gasteiger partial charge in [-0.2, -0.15) is 0 Å². The fourth-order valence-corrected chi connectivity index (χ4v) is 4.55. The van der Waals surface area contributed by atoms with Gasteiger partial charge in [0.15, 0.2) is 0 Å². The third kappa shape index (κ3) is 5.63. The van der Waals surface area contributed by atoms with E-state index in [1.54, 1.807) is 0 Å². The third-order valence-corrected chi connectivity index (χ3v) is 6.36. The monoisotopic (exact) mass is 389 g/mol. The zero-order chi connectivity index (χ0) is 17.2. The van der Waals surface area contributed by atoms with Gasteiger partial charge in [0.05, 0.1) is 0 Å². The number of carbonyl (C=O) groups excluding carboxylic acids is 1. The quantitative estimate of drug-likeness (QED) is 0.395. The van der Waals surface area contributed by atoms with Crippen molar-refractivity contribution in [3.63, 3.8) is 0 Å². The molecule has 0 amide bonds. The summed E-state index contributed by atoms with van der Waals surface area (Å²) in [7, 11) is 0. The van der Waals surface area contributed by atoms with Gasteiger partial charge in [0.25, 0.3) is 0 Å². The van der Waals surface area contributed by atoms with Crippen LogP contribution in [0.3, 0.4) is 0 Å². The van der Waals surface area contributed by atoms with Gasteiger partial charge >= 0.3 is 150 Å². The summed E-state index contributed by atoms with van der Waals surface area (Å²) in [5, 5.41) is 0. The maximum absolute atomic E-state index is 12.4. The molecule has 1 unspecified atom stereocenters. The van der Waals surface area contributed by atoms with E-state index in [-0.39, 0.29) is 25.7 Å². The van der Waals surface area contributed by atoms with E-state index in [1.807, 2.05) is 55.5 Å². The SMILES string of the molecule is CCOC(=O)C(=NCc1ccccc1)C(CC)[Se]c1ccccc1. The molecule has 2 aromatic rings. The van der Waals surface area contributed by atoms with E-state index < -0.39 is 0 Å². The molecule has 4 heteroatoms. The van der Waals surface area contributed by atoms with Gasteiger partial charge in [-0.05, 0) is 0 Å². The summed E-state index contributed by atoms with van der Waals surface area (Å²) >= 11 is 0.151. The van der Waals surface area contributed by atoms with E-state index in [9.17, 15) is 4.79 Å². The molecule has 0 fully saturated rings. The summed E-state index contributed by atoms with van der Waals surface area (Å²) < 4.78 is 6.53. The van der Waals surface area contributed by atoms with Gasteiger partial charge in [-0.15, -0.1) is 0 Å². The molecule has 0 radical (unpaired) electrons. The molecule has 0 bridgehead atoms. The number of esters is 1. The number of hydrogen-bond donors (Lipinski definition) is 0. The van der Waals surface area contributed by atoms with Crippen LogP contribution in [-0.4, -0.2) is 33.2 Å². The summed E-state index contributed by atoms with van der Waals surface area (Å²) in [6, 6.07) is 20.3. The average Bonchev–Trinajstić information content (AvgIpc) is 2.63. The van der Waals surface area contributed by atoms with Crippen LogP contribution < -0.4 is 4.46 Å². The number of ether oxygens (including phenoxy) is 1. The van der Waals surface area contributed by atoms with Crippen molar-refractivity contribution in [3.05, 3.63) is 66.2 Å². The van der Waals surface area contributed by atoms with Gasteiger partial charge in [-0.3, -0.25) is 0 Å². The Morgan fingerprint density at radius 3 is 2.25 bits per heavy atom. The van der Waals surface area contributed by atoms with Crippen LogP contribution in [0.15, 0.2) is 65.7 Å². The predicted molar refractivity (Wildman–Crippen MR) is 100 cm³/mol. The summed E-state index contributed by atoms with van der Waals surface area (Å²) in [5.74, 6) is -0.280. The Bertz CT molecular complexity index is 656. The van der Waals surface area contributed by atoms with Crippen LogP contribution in [0, 0.1) is 0 Å². The fraction of sp³-hybridized carbons (Fsp3) is 0.300. The van der Waals surface area contributed by atoms with Gasteiger partial charge in [0.2, 0.25) is 0 Å². The molecule has 0 spiro atoms. The molecule has 0 aliphatic heterocycles. The van der Waals surface area contributed by atoms with Crippen LogP contribution in [0.4, 0.5) is 0 Å². The van der Waals surface area contributed by atoms with E-state index in [4.69, 9.17) is 4.74 Å². The van der Waals surface area contributed by atoms with Crippen molar-refractivity contribution < 1.29 is 9.53 Å². The second kappa shape index (κ2) is 10.1. The Morgan fingerprint density at radius 2 is 1.67 bits per heavy atom. The number of hydrogen-bond acceptors (Lipinski definition) is 3. The van der Waals surface area contributed by atoms with Crippen molar-refractivity contribution in [3.8, 4) is 0 Å². The number of aliphatic imine (C=N–C) groups is 1. The van der Waals surface area contributed by atoms with Crippen molar-refractivity contribution >= 4 is 31.1 Å². The summed E-state index contributed by atoms with van der Waals surface area (Å²) in [6.45, 7) is 4.82. The summed E-state index contributed by atoms with van der Waals surface area (Å²) in [5.41, 5.74) is 1.67. The molecule has 0 N–H and O–H groups in total. The molecule has 24 heavy (non-hydrogen) atoms. The van der Waals surface area contributed by atoms with Crippen LogP contribution >= 0.6 is 0 Å². The van der Waals surface area contributed by atoms with Crippen molar-refractivity contribution in [1.29, 1.82) is 0 Å². The molecule has 0 aliphatic carbocycles. The molecule has 0 aromatic heterocycles. The molecular weight excluding hydrogens is 365 g/mol. The van der Waals surface area contributed by atoms with Crippen LogP contribution in [0.1, 0.15) is 25.8 Å². The minimum absolute atomic E-state index is 0.127. The van der Waals surface area contributed by atoms with Crippen LogP contribution in [0.5, 0.6) is 0 Å². The van der Waals surface area contributed by atoms with Crippen LogP contribution in [0.25, 0.3) is 0 Å². The summed E-state index contributed by atoms with van der Waals surface area (Å²) in [4.78, 5) is 17.2. The number of rotatable bonds is 8. The molecule has 0 saturated heterocycles. The normalized spacial score (nSPS) is 12.7. The molecule has 0 aliphatic rings. The second-order valence-electron chi connectivity index (χ2n) is 5.24. The maximum atomic E-state index is 12.4. The standard InChI is InChI=1S/C20H23NO2Se/c1-3-18(24-17-13-9-6-10-14-17)19(20(22)23-4-2)21-15-16-11-7-5-8-12-16/h5-14,18H,3-4,15H2,1-2H3. The Morgan fingerprint density at radius 1 is 1.04 bits per heavy atom. The first-order chi connectivity index (χ1) is 11.7. The fourth-order valence-electron chi connectivity index (χ4n) is 2.26. The Kier molecular flexibility index (Phi) is 7.73. The molecule has 1 atom stereocenters. The van der Waals surface area contributed by atoms with Crippen molar-refractivity contribution in [2.75, 3.05) is 6.61 Å². The van der Waals surface area contributed by atoms with E-state index in [1.165, 1.54) is 4.46 Å². The van der Waals surface area contributed by atoms with Gasteiger partial charge in [0.1, 0.15) is 0 Å². The number of carbonyl (C=O) groups is 1. The van der Waals surface area contributed by atoms with E-state index in [0.717, 1.165) is 12.0 Å². The van der Waals surface area contributed by atoms with Gasteiger partial charge in [0, 0.05) is 0 Å². The number of nitrogens with zero attached hydrogens (tertiary/aromatic N) is 1. The minimum atomic E-state index is -0.280. The van der Waals surface area contributed by atoms with E-state index in [0.29, 0.717) is 18.9 Å². The van der Waals surface area contributed by atoms with Gasteiger partial charge in [-0.25, -0.2) is 0 Å². The Labute approximate surface area is 150 Å². The molecule has 0 saturated carbocycles. The Hall–Kier alpha value is -1.90. The van der Waals surface area contributed by atoms with Gasteiger partial charge < -0.3 is 0 Å². The van der Waals surface area contributed by atoms with Crippen LogP contribution in [0.2, 0.25) is 4.82 Å². The molecule has 2 aromatic carbocycles. The zero-order valence-electron chi connectivity index (χ0n) is 14.1.